The van der Waals surface area contributed by atoms with Crippen LogP contribution in [0.3, 0.4) is 0 Å². The van der Waals surface area contributed by atoms with Crippen LogP contribution in [0.25, 0.3) is 0 Å². The Kier molecular flexibility index (Phi) is 10.5. The largest absolute Gasteiger partial charge is 0.366 e. The van der Waals surface area contributed by atoms with Gasteiger partial charge in [-0.25, -0.2) is 9.18 Å². The number of hydrogen-bond donors (Lipinski definition) is 3. The summed E-state index contributed by atoms with van der Waals surface area (Å²) >= 11 is 0. The first-order chi connectivity index (χ1) is 22.4. The second-order valence-corrected chi connectivity index (χ2v) is 13.2. The number of urea groups is 1. The summed E-state index contributed by atoms with van der Waals surface area (Å²) in [4.78, 5) is 44.0. The fourth-order valence-electron chi connectivity index (χ4n) is 6.36. The summed E-state index contributed by atoms with van der Waals surface area (Å²) in [5.41, 5.74) is 5.47. The molecule has 1 saturated heterocycles. The maximum atomic E-state index is 14.3. The summed E-state index contributed by atoms with van der Waals surface area (Å²) in [6.45, 7) is 9.34. The van der Waals surface area contributed by atoms with Crippen LogP contribution in [0.1, 0.15) is 76.8 Å². The van der Waals surface area contributed by atoms with E-state index in [4.69, 9.17) is 5.10 Å². The Balaban J connectivity index is 1.27. The lowest BCUT2D eigenvalue weighted by Crippen LogP contribution is -2.44. The Hall–Kier alpha value is -4.45. The molecular formula is C35H47FN8O3. The Morgan fingerprint density at radius 3 is 2.40 bits per heavy atom. The molecule has 1 aromatic heterocycles. The molecule has 2 aromatic carbocycles. The molecule has 0 bridgehead atoms. The molecule has 11 nitrogen and oxygen atoms in total. The molecule has 0 unspecified atom stereocenters. The fraction of sp³-hybridized carbons (Fsp3) is 0.486. The van der Waals surface area contributed by atoms with Gasteiger partial charge in [0.15, 0.2) is 5.69 Å². The van der Waals surface area contributed by atoms with Gasteiger partial charge in [-0.15, -0.1) is 0 Å². The van der Waals surface area contributed by atoms with E-state index in [9.17, 15) is 18.8 Å². The van der Waals surface area contributed by atoms with E-state index in [0.29, 0.717) is 49.5 Å². The van der Waals surface area contributed by atoms with E-state index < -0.39 is 6.17 Å². The molecule has 0 saturated carbocycles. The first-order valence-electron chi connectivity index (χ1n) is 16.3. The normalized spacial score (nSPS) is 19.2. The number of rotatable bonds is 9. The number of carbonyl (C=O) groups is 3. The quantitative estimate of drug-likeness (QED) is 0.313. The average Bonchev–Trinajstić information content (AvgIpc) is 3.46. The van der Waals surface area contributed by atoms with Crippen LogP contribution in [-0.4, -0.2) is 90.9 Å². The van der Waals surface area contributed by atoms with Gasteiger partial charge in [0.1, 0.15) is 6.17 Å². The SMILES string of the molecule is CC(C)n1nc(C(=O)NCc2ccc(NC(=O)N(C)C)cc2)c2c1[C@@H](C)CN(c1ccc(C(=O)N(C)C[C@H]3CCNC[C@H]3F)cc1)C2. The molecule has 3 atom stereocenters. The molecule has 3 N–H and O–H groups in total. The molecule has 12 heteroatoms. The predicted molar refractivity (Wildman–Crippen MR) is 182 cm³/mol. The zero-order valence-electron chi connectivity index (χ0n) is 28.2. The topological polar surface area (TPSA) is 115 Å². The summed E-state index contributed by atoms with van der Waals surface area (Å²) in [5.74, 6) is -0.407. The maximum absolute atomic E-state index is 14.3. The van der Waals surface area contributed by atoms with Gasteiger partial charge in [-0.05, 0) is 68.8 Å². The lowest BCUT2D eigenvalue weighted by Gasteiger charge is -2.34. The number of hydrogen-bond acceptors (Lipinski definition) is 6. The van der Waals surface area contributed by atoms with E-state index in [0.717, 1.165) is 35.6 Å². The zero-order valence-corrected chi connectivity index (χ0v) is 28.2. The van der Waals surface area contributed by atoms with E-state index in [1.54, 1.807) is 26.0 Å². The molecule has 0 aliphatic carbocycles. The van der Waals surface area contributed by atoms with Crippen molar-refractivity contribution in [3.8, 4) is 0 Å². The van der Waals surface area contributed by atoms with Gasteiger partial charge in [0, 0.05) is 99.9 Å². The Morgan fingerprint density at radius 2 is 1.77 bits per heavy atom. The van der Waals surface area contributed by atoms with Crippen molar-refractivity contribution in [2.45, 2.75) is 58.4 Å². The second-order valence-electron chi connectivity index (χ2n) is 13.2. The molecule has 47 heavy (non-hydrogen) atoms. The molecule has 5 rings (SSSR count). The third-order valence-electron chi connectivity index (χ3n) is 9.01. The number of nitrogens with one attached hydrogen (secondary N) is 3. The van der Waals surface area contributed by atoms with Crippen molar-refractivity contribution >= 4 is 29.2 Å². The molecule has 2 aliphatic heterocycles. The van der Waals surface area contributed by atoms with Crippen molar-refractivity contribution in [1.82, 2.24) is 30.2 Å². The van der Waals surface area contributed by atoms with Crippen LogP contribution >= 0.6 is 0 Å². The molecular weight excluding hydrogens is 599 g/mol. The molecule has 0 radical (unpaired) electrons. The van der Waals surface area contributed by atoms with Gasteiger partial charge in [0.2, 0.25) is 0 Å². The maximum Gasteiger partial charge on any atom is 0.321 e. The minimum Gasteiger partial charge on any atom is -0.366 e. The van der Waals surface area contributed by atoms with Crippen LogP contribution in [0, 0.1) is 5.92 Å². The Bertz CT molecular complexity index is 1570. The van der Waals surface area contributed by atoms with Gasteiger partial charge in [0.05, 0.1) is 0 Å². The van der Waals surface area contributed by atoms with Gasteiger partial charge >= 0.3 is 6.03 Å². The smallest absolute Gasteiger partial charge is 0.321 e. The van der Waals surface area contributed by atoms with Crippen LogP contribution in [0.2, 0.25) is 0 Å². The summed E-state index contributed by atoms with van der Waals surface area (Å²) in [6.07, 6.45) is -0.236. The number of anilines is 2. The molecule has 2 aliphatic rings. The van der Waals surface area contributed by atoms with Gasteiger partial charge in [-0.1, -0.05) is 19.1 Å². The van der Waals surface area contributed by atoms with Crippen molar-refractivity contribution in [2.75, 3.05) is 57.5 Å². The highest BCUT2D eigenvalue weighted by molar-refractivity contribution is 5.95. The number of alkyl halides is 1. The Labute approximate surface area is 276 Å². The second kappa shape index (κ2) is 14.5. The highest BCUT2D eigenvalue weighted by Gasteiger charge is 2.33. The first kappa shape index (κ1) is 33.9. The number of halogens is 1. The number of carbonyl (C=O) groups excluding carboxylic acids is 3. The summed E-state index contributed by atoms with van der Waals surface area (Å²) < 4.78 is 16.3. The first-order valence-corrected chi connectivity index (χ1v) is 16.3. The van der Waals surface area contributed by atoms with Crippen molar-refractivity contribution < 1.29 is 18.8 Å². The molecule has 3 aromatic rings. The van der Waals surface area contributed by atoms with E-state index in [1.807, 2.05) is 53.2 Å². The average molecular weight is 647 g/mol. The minimum absolute atomic E-state index is 0.0871. The van der Waals surface area contributed by atoms with E-state index in [1.165, 1.54) is 4.90 Å². The molecule has 3 heterocycles. The third-order valence-corrected chi connectivity index (χ3v) is 9.01. The number of aromatic nitrogens is 2. The number of piperidine rings is 1. The molecule has 0 spiro atoms. The third kappa shape index (κ3) is 7.75. The van der Waals surface area contributed by atoms with Crippen molar-refractivity contribution in [1.29, 1.82) is 0 Å². The Morgan fingerprint density at radius 1 is 1.06 bits per heavy atom. The molecule has 4 amide bonds. The van der Waals surface area contributed by atoms with Crippen LogP contribution in [0.4, 0.5) is 20.6 Å². The van der Waals surface area contributed by atoms with Gasteiger partial charge in [-0.3, -0.25) is 14.3 Å². The fourth-order valence-corrected chi connectivity index (χ4v) is 6.36. The van der Waals surface area contributed by atoms with Gasteiger partial charge in [-0.2, -0.15) is 5.10 Å². The highest BCUT2D eigenvalue weighted by Crippen LogP contribution is 2.35. The van der Waals surface area contributed by atoms with Gasteiger partial charge in [0.25, 0.3) is 11.8 Å². The number of benzene rings is 2. The minimum atomic E-state index is -0.949. The summed E-state index contributed by atoms with van der Waals surface area (Å²) in [6, 6.07) is 14.8. The van der Waals surface area contributed by atoms with Crippen molar-refractivity contribution in [3.05, 3.63) is 76.6 Å². The van der Waals surface area contributed by atoms with E-state index >= 15 is 0 Å². The highest BCUT2D eigenvalue weighted by atomic mass is 19.1. The van der Waals surface area contributed by atoms with E-state index in [2.05, 4.69) is 41.6 Å². The number of fused-ring (bicyclic) bond motifs is 1. The van der Waals surface area contributed by atoms with Crippen molar-refractivity contribution in [2.24, 2.45) is 5.92 Å². The standard InChI is InChI=1S/C35H47FN8O3/c1-22(2)44-32-23(3)19-43(28-13-9-25(10-14-28)34(46)42(6)20-26-15-16-37-18-30(26)36)21-29(32)31(40-44)33(45)38-17-24-7-11-27(12-8-24)39-35(47)41(4)5/h7-14,22-23,26,30,37H,15-21H2,1-6H3,(H,38,45)(H,39,47)/t23-,26+,30+/m0/s1. The monoisotopic (exact) mass is 646 g/mol. The number of nitrogens with zero attached hydrogens (tertiary/aromatic N) is 5. The van der Waals surface area contributed by atoms with Crippen LogP contribution in [0.15, 0.2) is 48.5 Å². The summed E-state index contributed by atoms with van der Waals surface area (Å²) in [7, 11) is 5.09. The van der Waals surface area contributed by atoms with Crippen LogP contribution < -0.4 is 20.9 Å². The predicted octanol–water partition coefficient (Wildman–Crippen LogP) is 4.63. The molecule has 1 fully saturated rings. The van der Waals surface area contributed by atoms with E-state index in [-0.39, 0.29) is 35.7 Å². The lowest BCUT2D eigenvalue weighted by molar-refractivity contribution is 0.0713. The number of amides is 4. The molecule has 252 valence electrons. The zero-order chi connectivity index (χ0) is 33.8. The van der Waals surface area contributed by atoms with Crippen molar-refractivity contribution in [3.63, 3.8) is 0 Å². The lowest BCUT2D eigenvalue weighted by atomic mass is 9.94. The summed E-state index contributed by atoms with van der Waals surface area (Å²) in [5, 5.41) is 13.7. The van der Waals surface area contributed by atoms with Gasteiger partial charge < -0.3 is 30.7 Å². The van der Waals surface area contributed by atoms with Crippen LogP contribution in [-0.2, 0) is 13.1 Å². The van der Waals surface area contributed by atoms with Crippen LogP contribution in [0.5, 0.6) is 0 Å².